The van der Waals surface area contributed by atoms with Gasteiger partial charge in [-0.15, -0.1) is 11.3 Å². The van der Waals surface area contributed by atoms with E-state index in [-0.39, 0.29) is 17.9 Å². The number of rotatable bonds is 6. The molecular formula is C24H17ClN2O5S. The number of thiophene rings is 1. The van der Waals surface area contributed by atoms with E-state index in [0.717, 1.165) is 4.88 Å². The lowest BCUT2D eigenvalue weighted by Gasteiger charge is -2.25. The van der Waals surface area contributed by atoms with Gasteiger partial charge < -0.3 is 19.2 Å². The number of aromatic nitrogens is 1. The molecule has 5 rings (SSSR count). The summed E-state index contributed by atoms with van der Waals surface area (Å²) in [6, 6.07) is 11.2. The zero-order valence-electron chi connectivity index (χ0n) is 17.3. The predicted molar refractivity (Wildman–Crippen MR) is 124 cm³/mol. The van der Waals surface area contributed by atoms with Crippen LogP contribution in [-0.4, -0.2) is 33.8 Å². The second-order valence-electron chi connectivity index (χ2n) is 7.43. The Hall–Kier alpha value is -3.62. The minimum atomic E-state index is -0.820. The molecule has 7 nitrogen and oxygen atoms in total. The second kappa shape index (κ2) is 8.38. The molecule has 1 aliphatic heterocycles. The molecule has 0 radical (unpaired) electrons. The molecule has 3 aromatic heterocycles. The molecule has 33 heavy (non-hydrogen) atoms. The number of fused-ring (bicyclic) bond motifs is 1. The lowest BCUT2D eigenvalue weighted by atomic mass is 9.96. The third kappa shape index (κ3) is 3.67. The van der Waals surface area contributed by atoms with Crippen molar-refractivity contribution in [3.63, 3.8) is 0 Å². The number of nitrogens with zero attached hydrogens (tertiary/aromatic N) is 2. The van der Waals surface area contributed by atoms with Gasteiger partial charge in [0, 0.05) is 33.7 Å². The zero-order valence-corrected chi connectivity index (χ0v) is 18.9. The molecule has 1 aromatic carbocycles. The maximum absolute atomic E-state index is 13.6. The summed E-state index contributed by atoms with van der Waals surface area (Å²) in [5, 5.41) is 13.7. The zero-order chi connectivity index (χ0) is 23.1. The summed E-state index contributed by atoms with van der Waals surface area (Å²) in [5.74, 6) is -1.49. The fourth-order valence-electron chi connectivity index (χ4n) is 3.99. The van der Waals surface area contributed by atoms with Crippen molar-refractivity contribution in [3.05, 3.63) is 92.8 Å². The van der Waals surface area contributed by atoms with Gasteiger partial charge in [-0.05, 0) is 35.2 Å². The van der Waals surface area contributed by atoms with Crippen molar-refractivity contribution in [2.24, 2.45) is 0 Å². The molecule has 0 fully saturated rings. The summed E-state index contributed by atoms with van der Waals surface area (Å²) >= 11 is 7.62. The summed E-state index contributed by atoms with van der Waals surface area (Å²) in [6.45, 7) is 0.237. The third-order valence-electron chi connectivity index (χ3n) is 5.45. The fourth-order valence-corrected chi connectivity index (χ4v) is 4.90. The summed E-state index contributed by atoms with van der Waals surface area (Å²) < 4.78 is 11.1. The summed E-state index contributed by atoms with van der Waals surface area (Å²) in [6.07, 6.45) is 3.18. The van der Waals surface area contributed by atoms with Gasteiger partial charge in [0.25, 0.3) is 5.91 Å². The first-order chi connectivity index (χ1) is 16.0. The van der Waals surface area contributed by atoms with Crippen LogP contribution in [0.2, 0.25) is 5.02 Å². The van der Waals surface area contributed by atoms with Gasteiger partial charge in [-0.2, -0.15) is 0 Å². The van der Waals surface area contributed by atoms with E-state index >= 15 is 0 Å². The number of benzene rings is 1. The van der Waals surface area contributed by atoms with E-state index in [1.165, 1.54) is 29.4 Å². The van der Waals surface area contributed by atoms with E-state index in [2.05, 4.69) is 4.98 Å². The molecule has 0 spiro atoms. The van der Waals surface area contributed by atoms with E-state index < -0.39 is 23.5 Å². The van der Waals surface area contributed by atoms with Crippen molar-refractivity contribution in [2.75, 3.05) is 7.11 Å². The molecule has 9 heteroatoms. The number of amides is 1. The molecule has 166 valence electrons. The number of hydrogen-bond acceptors (Lipinski definition) is 7. The second-order valence-corrected chi connectivity index (χ2v) is 8.90. The van der Waals surface area contributed by atoms with Crippen LogP contribution in [0.5, 0.6) is 5.75 Å². The maximum Gasteiger partial charge on any atom is 0.290 e. The fraction of sp³-hybridized carbons (Fsp3) is 0.125. The number of Topliss-reactive ketones (excluding diaryl/α,β-unsaturated/α-hetero) is 1. The van der Waals surface area contributed by atoms with Crippen LogP contribution in [-0.2, 0) is 11.3 Å². The highest BCUT2D eigenvalue weighted by Gasteiger charge is 2.44. The molecule has 0 saturated heterocycles. The minimum Gasteiger partial charge on any atom is -0.503 e. The molecule has 4 aromatic rings. The van der Waals surface area contributed by atoms with Crippen molar-refractivity contribution < 1.29 is 23.8 Å². The van der Waals surface area contributed by atoms with Crippen molar-refractivity contribution in [3.8, 4) is 5.75 Å². The largest absolute Gasteiger partial charge is 0.503 e. The number of ether oxygens (including phenoxy) is 1. The van der Waals surface area contributed by atoms with Gasteiger partial charge in [0.2, 0.25) is 5.78 Å². The van der Waals surface area contributed by atoms with E-state index in [1.54, 1.807) is 36.7 Å². The SMILES string of the molecule is COc1cc(Cl)cc2cc(C(=O)C3=C(O)C(=O)N(Cc4cccs4)C3c3cccnc3)oc12. The minimum absolute atomic E-state index is 0.0354. The van der Waals surface area contributed by atoms with Crippen LogP contribution in [0.4, 0.5) is 0 Å². The topological polar surface area (TPSA) is 92.9 Å². The van der Waals surface area contributed by atoms with Crippen LogP contribution in [0.3, 0.4) is 0 Å². The number of carbonyl (C=O) groups excluding carboxylic acids is 2. The average Bonchev–Trinajstić information content (AvgIpc) is 3.54. The first-order valence-electron chi connectivity index (χ1n) is 9.96. The highest BCUT2D eigenvalue weighted by molar-refractivity contribution is 7.09. The molecule has 4 heterocycles. The van der Waals surface area contributed by atoms with Crippen LogP contribution >= 0.6 is 22.9 Å². The normalized spacial score (nSPS) is 16.1. The van der Waals surface area contributed by atoms with Crippen molar-refractivity contribution in [1.29, 1.82) is 0 Å². The Labute approximate surface area is 197 Å². The third-order valence-corrected chi connectivity index (χ3v) is 6.52. The van der Waals surface area contributed by atoms with E-state index in [1.807, 2.05) is 17.5 Å². The first-order valence-corrected chi connectivity index (χ1v) is 11.2. The molecule has 1 aliphatic rings. The van der Waals surface area contributed by atoms with Gasteiger partial charge in [0.1, 0.15) is 0 Å². The number of methoxy groups -OCH3 is 1. The van der Waals surface area contributed by atoms with Crippen molar-refractivity contribution >= 4 is 45.6 Å². The Morgan fingerprint density at radius 3 is 2.85 bits per heavy atom. The van der Waals surface area contributed by atoms with Gasteiger partial charge in [-0.1, -0.05) is 23.7 Å². The quantitative estimate of drug-likeness (QED) is 0.375. The molecule has 0 saturated carbocycles. The van der Waals surface area contributed by atoms with Crippen molar-refractivity contribution in [2.45, 2.75) is 12.6 Å². The Kier molecular flexibility index (Phi) is 5.39. The number of pyridine rings is 1. The highest BCUT2D eigenvalue weighted by Crippen LogP contribution is 2.41. The molecule has 0 aliphatic carbocycles. The van der Waals surface area contributed by atoms with Gasteiger partial charge in [-0.3, -0.25) is 14.6 Å². The number of furan rings is 1. The Morgan fingerprint density at radius 1 is 1.30 bits per heavy atom. The standard InChI is InChI=1S/C24H17ClN2O5S/c1-31-18-10-15(25)8-14-9-17(32-23(14)18)21(28)19-20(13-4-2-6-26-11-13)27(24(30)22(19)29)12-16-5-3-7-33-16/h2-11,20,29H,12H2,1H3. The number of aliphatic hydroxyl groups is 1. The number of carbonyl (C=O) groups is 2. The average molecular weight is 481 g/mol. The van der Waals surface area contributed by atoms with Crippen LogP contribution < -0.4 is 4.74 Å². The van der Waals surface area contributed by atoms with Crippen LogP contribution in [0.25, 0.3) is 11.0 Å². The molecule has 1 atom stereocenters. The van der Waals surface area contributed by atoms with Gasteiger partial charge in [0.15, 0.2) is 22.9 Å². The lowest BCUT2D eigenvalue weighted by molar-refractivity contribution is -0.130. The molecular weight excluding hydrogens is 464 g/mol. The summed E-state index contributed by atoms with van der Waals surface area (Å²) in [7, 11) is 1.47. The summed E-state index contributed by atoms with van der Waals surface area (Å²) in [5.41, 5.74) is 0.892. The first kappa shape index (κ1) is 21.2. The van der Waals surface area contributed by atoms with Crippen molar-refractivity contribution in [1.82, 2.24) is 9.88 Å². The molecule has 1 amide bonds. The van der Waals surface area contributed by atoms with E-state index in [4.69, 9.17) is 20.8 Å². The summed E-state index contributed by atoms with van der Waals surface area (Å²) in [4.78, 5) is 33.2. The van der Waals surface area contributed by atoms with Crippen LogP contribution in [0.15, 0.2) is 76.0 Å². The van der Waals surface area contributed by atoms with E-state index in [9.17, 15) is 14.7 Å². The number of aliphatic hydroxyl groups excluding tert-OH is 1. The Balaban J connectivity index is 1.61. The number of hydrogen-bond donors (Lipinski definition) is 1. The monoisotopic (exact) mass is 480 g/mol. The van der Waals surface area contributed by atoms with Gasteiger partial charge in [-0.25, -0.2) is 0 Å². The maximum atomic E-state index is 13.6. The number of ketones is 1. The number of halogens is 1. The van der Waals surface area contributed by atoms with Crippen LogP contribution in [0.1, 0.15) is 27.0 Å². The lowest BCUT2D eigenvalue weighted by Crippen LogP contribution is -2.30. The smallest absolute Gasteiger partial charge is 0.290 e. The highest BCUT2D eigenvalue weighted by atomic mass is 35.5. The Bertz CT molecular complexity index is 1400. The molecule has 0 bridgehead atoms. The van der Waals surface area contributed by atoms with Crippen LogP contribution in [0, 0.1) is 0 Å². The van der Waals surface area contributed by atoms with E-state index in [0.29, 0.717) is 27.3 Å². The molecule has 1 unspecified atom stereocenters. The Morgan fingerprint density at radius 2 is 2.15 bits per heavy atom. The van der Waals surface area contributed by atoms with Gasteiger partial charge >= 0.3 is 0 Å². The molecule has 1 N–H and O–H groups in total. The van der Waals surface area contributed by atoms with Gasteiger partial charge in [0.05, 0.1) is 25.3 Å². The predicted octanol–water partition coefficient (Wildman–Crippen LogP) is 5.33.